The molecule has 2 aromatic carbocycles. The molecule has 0 N–H and O–H groups in total. The number of carboxylic acid groups (broad SMARTS) is 1. The minimum Gasteiger partial charge on any atom is -0.872 e. The van der Waals surface area contributed by atoms with Crippen LogP contribution >= 0.6 is 0 Å². The zero-order valence-electron chi connectivity index (χ0n) is 19.7. The number of carboxylic acids is 1. The van der Waals surface area contributed by atoms with Crippen molar-refractivity contribution in [1.82, 2.24) is 9.97 Å². The number of methoxy groups -OCH3 is 1. The fraction of sp³-hybridized carbons (Fsp3) is 0.148. The van der Waals surface area contributed by atoms with Gasteiger partial charge in [-0.3, -0.25) is 0 Å². The van der Waals surface area contributed by atoms with Crippen LogP contribution in [0.1, 0.15) is 18.1 Å². The first-order valence-electron chi connectivity index (χ1n) is 10.5. The summed E-state index contributed by atoms with van der Waals surface area (Å²) in [4.78, 5) is 18.2. The first kappa shape index (κ1) is 27.4. The standard InChI is InChI=1S/C25H22N2O3.C2H4O2.Mn/c1-15-13-14-18(24(28)16(15)2)20-9-6-11-22(27-20)21-10-5-8-19(26-21)17-7-4-12-23(30-3)25(17)29;1-2(3)4;/h4-14,28-29H,1-3H3;1H3,(H,3,4);/q;;+3/p-3. The summed E-state index contributed by atoms with van der Waals surface area (Å²) in [5, 5.41) is 34.1. The van der Waals surface area contributed by atoms with Gasteiger partial charge in [0.2, 0.25) is 0 Å². The molecule has 0 aliphatic rings. The van der Waals surface area contributed by atoms with Gasteiger partial charge in [-0.05, 0) is 67.8 Å². The number of hydrogen-bond acceptors (Lipinski definition) is 7. The number of pyridine rings is 2. The zero-order chi connectivity index (χ0) is 24.8. The van der Waals surface area contributed by atoms with Crippen molar-refractivity contribution < 1.29 is 41.9 Å². The molecule has 0 unspecified atom stereocenters. The van der Waals surface area contributed by atoms with E-state index in [-0.39, 0.29) is 34.3 Å². The van der Waals surface area contributed by atoms with E-state index in [4.69, 9.17) is 14.6 Å². The third-order valence-electron chi connectivity index (χ3n) is 5.19. The summed E-state index contributed by atoms with van der Waals surface area (Å²) in [7, 11) is 1.47. The number of aromatic nitrogens is 2. The summed E-state index contributed by atoms with van der Waals surface area (Å²) in [5.41, 5.74) is 5.09. The van der Waals surface area contributed by atoms with Crippen molar-refractivity contribution in [1.29, 1.82) is 0 Å². The minimum atomic E-state index is -1.08. The first-order valence-corrected chi connectivity index (χ1v) is 10.5. The fourth-order valence-corrected chi connectivity index (χ4v) is 3.32. The van der Waals surface area contributed by atoms with Crippen LogP contribution in [0.25, 0.3) is 33.9 Å². The number of hydrogen-bond donors (Lipinski definition) is 0. The van der Waals surface area contributed by atoms with E-state index in [0.29, 0.717) is 33.9 Å². The van der Waals surface area contributed by atoms with Crippen LogP contribution in [0.15, 0.2) is 66.7 Å². The molecular formula is C27H23MnN2O5. The number of ether oxygens (including phenoxy) is 1. The Labute approximate surface area is 214 Å². The molecule has 7 nitrogen and oxygen atoms in total. The fourth-order valence-electron chi connectivity index (χ4n) is 3.32. The van der Waals surface area contributed by atoms with Crippen molar-refractivity contribution in [2.45, 2.75) is 20.8 Å². The largest absolute Gasteiger partial charge is 3.00 e. The van der Waals surface area contributed by atoms with Crippen LogP contribution in [0.2, 0.25) is 0 Å². The van der Waals surface area contributed by atoms with Crippen molar-refractivity contribution in [3.8, 4) is 51.2 Å². The molecule has 0 saturated carbocycles. The van der Waals surface area contributed by atoms with Crippen LogP contribution < -0.4 is 20.1 Å². The molecule has 178 valence electrons. The van der Waals surface area contributed by atoms with Gasteiger partial charge in [0.1, 0.15) is 5.75 Å². The molecule has 0 amide bonds. The third kappa shape index (κ3) is 6.38. The van der Waals surface area contributed by atoms with Crippen molar-refractivity contribution in [2.75, 3.05) is 7.11 Å². The predicted octanol–water partition coefficient (Wildman–Crippen LogP) is 3.00. The van der Waals surface area contributed by atoms with E-state index >= 15 is 0 Å². The van der Waals surface area contributed by atoms with E-state index in [1.54, 1.807) is 30.3 Å². The van der Waals surface area contributed by atoms with Crippen LogP contribution in [-0.2, 0) is 21.9 Å². The topological polar surface area (TPSA) is 121 Å². The second-order valence-corrected chi connectivity index (χ2v) is 7.53. The van der Waals surface area contributed by atoms with Gasteiger partial charge in [-0.25, -0.2) is 9.97 Å². The van der Waals surface area contributed by atoms with E-state index in [9.17, 15) is 10.2 Å². The Morgan fingerprint density at radius 3 is 1.71 bits per heavy atom. The monoisotopic (exact) mass is 510 g/mol. The average Bonchev–Trinajstić information content (AvgIpc) is 2.82. The van der Waals surface area contributed by atoms with Gasteiger partial charge in [0.05, 0.1) is 29.9 Å². The van der Waals surface area contributed by atoms with Crippen molar-refractivity contribution in [3.05, 3.63) is 77.9 Å². The second kappa shape index (κ2) is 12.0. The summed E-state index contributed by atoms with van der Waals surface area (Å²) in [5.74, 6) is -1.04. The molecule has 0 atom stereocenters. The Kier molecular flexibility index (Phi) is 9.40. The average molecular weight is 510 g/mol. The van der Waals surface area contributed by atoms with Crippen molar-refractivity contribution >= 4 is 5.97 Å². The molecular weight excluding hydrogens is 487 g/mol. The SMILES string of the molecule is CC(=O)[O-].COc1cccc(-c2cccc(-c3cccc(-c4ccc(C)c(C)c4[O-])n3)n2)c1[O-].[Mn+3]. The molecule has 0 fully saturated rings. The molecule has 0 spiro atoms. The van der Waals surface area contributed by atoms with Crippen molar-refractivity contribution in [2.24, 2.45) is 0 Å². The van der Waals surface area contributed by atoms with Gasteiger partial charge in [0.25, 0.3) is 0 Å². The van der Waals surface area contributed by atoms with Crippen LogP contribution in [0.3, 0.4) is 0 Å². The van der Waals surface area contributed by atoms with Gasteiger partial charge in [-0.15, -0.1) is 0 Å². The second-order valence-electron chi connectivity index (χ2n) is 7.53. The maximum absolute atomic E-state index is 12.7. The predicted molar refractivity (Wildman–Crippen MR) is 124 cm³/mol. The molecule has 2 heterocycles. The summed E-state index contributed by atoms with van der Waals surface area (Å²) >= 11 is 0. The van der Waals surface area contributed by atoms with E-state index in [2.05, 4.69) is 9.97 Å². The van der Waals surface area contributed by atoms with Crippen molar-refractivity contribution in [3.63, 3.8) is 0 Å². The van der Waals surface area contributed by atoms with Crippen LogP contribution in [0.4, 0.5) is 0 Å². The Hall–Kier alpha value is -3.87. The Morgan fingerprint density at radius 1 is 0.743 bits per heavy atom. The number of nitrogens with zero attached hydrogens (tertiary/aromatic N) is 2. The molecule has 0 saturated heterocycles. The van der Waals surface area contributed by atoms with Gasteiger partial charge in [-0.2, -0.15) is 0 Å². The molecule has 0 aliphatic carbocycles. The molecule has 35 heavy (non-hydrogen) atoms. The molecule has 2 aromatic heterocycles. The molecule has 8 heteroatoms. The normalized spacial score (nSPS) is 9.94. The van der Waals surface area contributed by atoms with E-state index in [0.717, 1.165) is 18.1 Å². The number of aliphatic carboxylic acids is 1. The third-order valence-corrected chi connectivity index (χ3v) is 5.19. The quantitative estimate of drug-likeness (QED) is 0.387. The Morgan fingerprint density at radius 2 is 1.20 bits per heavy atom. The Balaban J connectivity index is 0.000000804. The molecule has 0 bridgehead atoms. The molecule has 0 aliphatic heterocycles. The Bertz CT molecular complexity index is 1340. The summed E-state index contributed by atoms with van der Waals surface area (Å²) < 4.78 is 5.13. The number of carbonyl (C=O) groups is 1. The van der Waals surface area contributed by atoms with Crippen LogP contribution in [0.5, 0.6) is 17.2 Å². The summed E-state index contributed by atoms with van der Waals surface area (Å²) in [6.45, 7) is 4.72. The van der Waals surface area contributed by atoms with Crippen LogP contribution in [-0.4, -0.2) is 23.0 Å². The molecule has 4 aromatic rings. The molecule has 0 radical (unpaired) electrons. The van der Waals surface area contributed by atoms with E-state index in [1.165, 1.54) is 7.11 Å². The van der Waals surface area contributed by atoms with E-state index in [1.807, 2.05) is 50.2 Å². The summed E-state index contributed by atoms with van der Waals surface area (Å²) in [6.07, 6.45) is 0. The number of rotatable bonds is 4. The van der Waals surface area contributed by atoms with E-state index < -0.39 is 5.97 Å². The van der Waals surface area contributed by atoms with Gasteiger partial charge in [0, 0.05) is 5.97 Å². The van der Waals surface area contributed by atoms with Gasteiger partial charge >= 0.3 is 17.1 Å². The number of carbonyl (C=O) groups excluding carboxylic acids is 1. The molecule has 4 rings (SSSR count). The summed E-state index contributed by atoms with van der Waals surface area (Å²) in [6, 6.07) is 19.8. The maximum atomic E-state index is 12.7. The minimum absolute atomic E-state index is 0. The van der Waals surface area contributed by atoms with Gasteiger partial charge in [-0.1, -0.05) is 53.5 Å². The van der Waals surface area contributed by atoms with Crippen LogP contribution in [0, 0.1) is 13.8 Å². The smallest absolute Gasteiger partial charge is 0.872 e. The number of benzene rings is 2. The first-order chi connectivity index (χ1) is 16.2. The maximum Gasteiger partial charge on any atom is 3.00 e. The zero-order valence-corrected chi connectivity index (χ0v) is 20.8. The number of para-hydroxylation sites is 1. The number of aryl methyl sites for hydroxylation is 1. The van der Waals surface area contributed by atoms with Gasteiger partial charge < -0.3 is 24.9 Å². The van der Waals surface area contributed by atoms with Gasteiger partial charge in [0.15, 0.2) is 0 Å².